The first-order valence-corrected chi connectivity index (χ1v) is 17.2. The van der Waals surface area contributed by atoms with Crippen LogP contribution < -0.4 is 0 Å². The van der Waals surface area contributed by atoms with Gasteiger partial charge in [0, 0.05) is 19.3 Å². The van der Waals surface area contributed by atoms with Gasteiger partial charge in [-0.25, -0.2) is 0 Å². The number of carbonyl (C=O) groups excluding carboxylic acids is 3. The summed E-state index contributed by atoms with van der Waals surface area (Å²) >= 11 is 0. The van der Waals surface area contributed by atoms with Crippen LogP contribution in [0, 0.1) is 0 Å². The molecule has 240 valence electrons. The van der Waals surface area contributed by atoms with E-state index in [0.29, 0.717) is 19.3 Å². The van der Waals surface area contributed by atoms with Gasteiger partial charge < -0.3 is 14.2 Å². The maximum Gasteiger partial charge on any atom is 0.306 e. The standard InChI is InChI=1S/C35H64O6/c1-4-7-10-13-16-17-18-20-22-25-28-34(37)40-31-32(30-39-33(36)27-24-21-15-12-9-6-3)41-35(38)29-26-23-19-14-11-8-5-2/h10,13,32H,4-9,11-12,14-31H2,1-3H3/b13-10-. The molecule has 0 aliphatic heterocycles. The third-order valence-electron chi connectivity index (χ3n) is 7.25. The van der Waals surface area contributed by atoms with Crippen LogP contribution in [0.2, 0.25) is 0 Å². The SMILES string of the molecule is CCC/C=C\CCCCCCCC(=O)OCC(COC(=O)CCCCCCCC)OC(=O)CCCCCCCCC. The van der Waals surface area contributed by atoms with E-state index in [0.717, 1.165) is 70.6 Å². The minimum atomic E-state index is -0.759. The number of ether oxygens (including phenoxy) is 3. The number of unbranched alkanes of at least 4 members (excludes halogenated alkanes) is 17. The van der Waals surface area contributed by atoms with Crippen LogP contribution in [0.5, 0.6) is 0 Å². The first-order valence-electron chi connectivity index (χ1n) is 17.2. The van der Waals surface area contributed by atoms with Crippen LogP contribution in [-0.2, 0) is 28.6 Å². The molecule has 0 spiro atoms. The van der Waals surface area contributed by atoms with E-state index in [1.807, 2.05) is 0 Å². The second kappa shape index (κ2) is 31.1. The van der Waals surface area contributed by atoms with Gasteiger partial charge >= 0.3 is 17.9 Å². The van der Waals surface area contributed by atoms with Gasteiger partial charge in [0.1, 0.15) is 13.2 Å². The molecule has 0 saturated carbocycles. The fourth-order valence-corrected chi connectivity index (χ4v) is 4.62. The van der Waals surface area contributed by atoms with Crippen molar-refractivity contribution in [3.8, 4) is 0 Å². The maximum absolute atomic E-state index is 12.4. The smallest absolute Gasteiger partial charge is 0.306 e. The molecule has 0 bridgehead atoms. The zero-order valence-corrected chi connectivity index (χ0v) is 27.1. The maximum atomic E-state index is 12.4. The highest BCUT2D eigenvalue weighted by molar-refractivity contribution is 5.71. The Morgan fingerprint density at radius 1 is 0.463 bits per heavy atom. The Hall–Kier alpha value is -1.85. The van der Waals surface area contributed by atoms with Crippen molar-refractivity contribution in [2.24, 2.45) is 0 Å². The van der Waals surface area contributed by atoms with Gasteiger partial charge in [-0.2, -0.15) is 0 Å². The lowest BCUT2D eigenvalue weighted by Gasteiger charge is -2.18. The molecular formula is C35H64O6. The van der Waals surface area contributed by atoms with Gasteiger partial charge in [0.25, 0.3) is 0 Å². The summed E-state index contributed by atoms with van der Waals surface area (Å²) in [6.45, 7) is 6.43. The molecule has 41 heavy (non-hydrogen) atoms. The van der Waals surface area contributed by atoms with Crippen molar-refractivity contribution in [3.63, 3.8) is 0 Å². The molecule has 6 heteroatoms. The van der Waals surface area contributed by atoms with Crippen LogP contribution in [0.15, 0.2) is 12.2 Å². The van der Waals surface area contributed by atoms with Crippen molar-refractivity contribution in [2.75, 3.05) is 13.2 Å². The fourth-order valence-electron chi connectivity index (χ4n) is 4.62. The zero-order chi connectivity index (χ0) is 30.2. The Bertz CT molecular complexity index is 645. The van der Waals surface area contributed by atoms with Crippen LogP contribution in [-0.4, -0.2) is 37.2 Å². The van der Waals surface area contributed by atoms with Crippen molar-refractivity contribution >= 4 is 17.9 Å². The average Bonchev–Trinajstić information content (AvgIpc) is 2.96. The van der Waals surface area contributed by atoms with E-state index >= 15 is 0 Å². The third kappa shape index (κ3) is 29.4. The van der Waals surface area contributed by atoms with Gasteiger partial charge in [0.05, 0.1) is 0 Å². The van der Waals surface area contributed by atoms with E-state index in [4.69, 9.17) is 14.2 Å². The summed E-state index contributed by atoms with van der Waals surface area (Å²) in [5.41, 5.74) is 0. The summed E-state index contributed by atoms with van der Waals surface area (Å²) in [5.74, 6) is -0.907. The molecular weight excluding hydrogens is 516 g/mol. The lowest BCUT2D eigenvalue weighted by Crippen LogP contribution is -2.30. The first-order chi connectivity index (χ1) is 20.0. The lowest BCUT2D eigenvalue weighted by molar-refractivity contribution is -0.167. The normalized spacial score (nSPS) is 12.0. The minimum absolute atomic E-state index is 0.0720. The summed E-state index contributed by atoms with van der Waals surface area (Å²) < 4.78 is 16.4. The van der Waals surface area contributed by atoms with Crippen molar-refractivity contribution in [1.29, 1.82) is 0 Å². The number of hydrogen-bond acceptors (Lipinski definition) is 6. The fraction of sp³-hybridized carbons (Fsp3) is 0.857. The van der Waals surface area contributed by atoms with E-state index in [-0.39, 0.29) is 31.1 Å². The number of rotatable bonds is 30. The summed E-state index contributed by atoms with van der Waals surface area (Å²) in [6.07, 6.45) is 28.0. The molecule has 6 nitrogen and oxygen atoms in total. The van der Waals surface area contributed by atoms with Crippen molar-refractivity contribution in [1.82, 2.24) is 0 Å². The van der Waals surface area contributed by atoms with Crippen LogP contribution >= 0.6 is 0 Å². The van der Waals surface area contributed by atoms with E-state index in [1.165, 1.54) is 64.2 Å². The van der Waals surface area contributed by atoms with Gasteiger partial charge in [-0.15, -0.1) is 0 Å². The molecule has 0 amide bonds. The molecule has 1 unspecified atom stereocenters. The molecule has 1 atom stereocenters. The van der Waals surface area contributed by atoms with Gasteiger partial charge in [-0.1, -0.05) is 129 Å². The van der Waals surface area contributed by atoms with Crippen molar-refractivity contribution in [3.05, 3.63) is 12.2 Å². The summed E-state index contributed by atoms with van der Waals surface area (Å²) in [7, 11) is 0. The molecule has 0 aromatic rings. The molecule has 0 aromatic heterocycles. The quantitative estimate of drug-likeness (QED) is 0.0364. The van der Waals surface area contributed by atoms with Crippen LogP contribution in [0.25, 0.3) is 0 Å². The van der Waals surface area contributed by atoms with Gasteiger partial charge in [0.15, 0.2) is 6.10 Å². The third-order valence-corrected chi connectivity index (χ3v) is 7.25. The van der Waals surface area contributed by atoms with E-state index in [9.17, 15) is 14.4 Å². The Labute approximate surface area is 252 Å². The van der Waals surface area contributed by atoms with E-state index < -0.39 is 6.10 Å². The van der Waals surface area contributed by atoms with Gasteiger partial charge in [-0.05, 0) is 38.5 Å². The Balaban J connectivity index is 4.34. The lowest BCUT2D eigenvalue weighted by atomic mass is 10.1. The zero-order valence-electron chi connectivity index (χ0n) is 27.1. The second-order valence-corrected chi connectivity index (χ2v) is 11.4. The second-order valence-electron chi connectivity index (χ2n) is 11.4. The summed E-state index contributed by atoms with van der Waals surface area (Å²) in [4.78, 5) is 37.0. The summed E-state index contributed by atoms with van der Waals surface area (Å²) in [5, 5.41) is 0. The summed E-state index contributed by atoms with van der Waals surface area (Å²) in [6, 6.07) is 0. The van der Waals surface area contributed by atoms with Crippen LogP contribution in [0.1, 0.15) is 175 Å². The number of hydrogen-bond donors (Lipinski definition) is 0. The van der Waals surface area contributed by atoms with Crippen molar-refractivity contribution in [2.45, 2.75) is 181 Å². The highest BCUT2D eigenvalue weighted by Crippen LogP contribution is 2.12. The number of allylic oxidation sites excluding steroid dienone is 2. The number of carbonyl (C=O) groups is 3. The van der Waals surface area contributed by atoms with Gasteiger partial charge in [0.2, 0.25) is 0 Å². The highest BCUT2D eigenvalue weighted by Gasteiger charge is 2.19. The van der Waals surface area contributed by atoms with Crippen molar-refractivity contribution < 1.29 is 28.6 Å². The minimum Gasteiger partial charge on any atom is -0.462 e. The largest absolute Gasteiger partial charge is 0.462 e. The molecule has 0 heterocycles. The van der Waals surface area contributed by atoms with Gasteiger partial charge in [-0.3, -0.25) is 14.4 Å². The molecule has 0 aliphatic carbocycles. The first kappa shape index (κ1) is 39.1. The molecule has 0 N–H and O–H groups in total. The highest BCUT2D eigenvalue weighted by atomic mass is 16.6. The monoisotopic (exact) mass is 580 g/mol. The average molecular weight is 581 g/mol. The van der Waals surface area contributed by atoms with E-state index in [2.05, 4.69) is 32.9 Å². The Morgan fingerprint density at radius 2 is 0.854 bits per heavy atom. The predicted molar refractivity (Wildman–Crippen MR) is 169 cm³/mol. The van der Waals surface area contributed by atoms with E-state index in [1.54, 1.807) is 0 Å². The Kier molecular flexibility index (Phi) is 29.7. The molecule has 0 saturated heterocycles. The number of esters is 3. The predicted octanol–water partition coefficient (Wildman–Crippen LogP) is 9.96. The molecule has 0 rings (SSSR count). The molecule has 0 fully saturated rings. The Morgan fingerprint density at radius 3 is 1.32 bits per heavy atom. The van der Waals surface area contributed by atoms with Crippen LogP contribution in [0.3, 0.4) is 0 Å². The molecule has 0 radical (unpaired) electrons. The molecule has 0 aliphatic rings. The topological polar surface area (TPSA) is 78.9 Å². The molecule has 0 aromatic carbocycles. The van der Waals surface area contributed by atoms with Crippen LogP contribution in [0.4, 0.5) is 0 Å².